The first-order valence-electron chi connectivity index (χ1n) is 5.51. The van der Waals surface area contributed by atoms with Gasteiger partial charge in [-0.05, 0) is 32.0 Å². The Bertz CT molecular complexity index is 299. The molecule has 0 aliphatic carbocycles. The van der Waals surface area contributed by atoms with Gasteiger partial charge in [-0.25, -0.2) is 0 Å². The Labute approximate surface area is 92.5 Å². The summed E-state index contributed by atoms with van der Waals surface area (Å²) in [6.07, 6.45) is 4.93. The highest BCUT2D eigenvalue weighted by Crippen LogP contribution is 2.20. The van der Waals surface area contributed by atoms with Crippen molar-refractivity contribution in [2.24, 2.45) is 0 Å². The van der Waals surface area contributed by atoms with Crippen molar-refractivity contribution in [2.45, 2.75) is 32.9 Å². The Morgan fingerprint density at radius 1 is 1.53 bits per heavy atom. The summed E-state index contributed by atoms with van der Waals surface area (Å²) in [5, 5.41) is 3.18. The minimum absolute atomic E-state index is 0.546. The van der Waals surface area contributed by atoms with E-state index < -0.39 is 0 Å². The summed E-state index contributed by atoms with van der Waals surface area (Å²) in [4.78, 5) is 6.49. The minimum Gasteiger partial charge on any atom is -0.370 e. The van der Waals surface area contributed by atoms with Crippen LogP contribution in [0.15, 0.2) is 18.5 Å². The van der Waals surface area contributed by atoms with Gasteiger partial charge in [0.25, 0.3) is 0 Å². The van der Waals surface area contributed by atoms with Crippen molar-refractivity contribution in [3.63, 3.8) is 0 Å². The molecule has 0 aliphatic rings. The first kappa shape index (κ1) is 12.0. The Morgan fingerprint density at radius 2 is 2.27 bits per heavy atom. The molecule has 0 aliphatic heterocycles. The van der Waals surface area contributed by atoms with E-state index in [1.54, 1.807) is 0 Å². The summed E-state index contributed by atoms with van der Waals surface area (Å²) >= 11 is 0. The summed E-state index contributed by atoms with van der Waals surface area (Å²) in [7, 11) is 4.10. The molecular weight excluding hydrogens is 186 g/mol. The lowest BCUT2D eigenvalue weighted by Crippen LogP contribution is -2.29. The molecule has 1 N–H and O–H groups in total. The molecule has 0 aromatic carbocycles. The van der Waals surface area contributed by atoms with Crippen molar-refractivity contribution in [2.75, 3.05) is 19.0 Å². The van der Waals surface area contributed by atoms with E-state index in [2.05, 4.69) is 42.2 Å². The lowest BCUT2D eigenvalue weighted by molar-refractivity contribution is 0.657. The minimum atomic E-state index is 0.546. The van der Waals surface area contributed by atoms with Crippen LogP contribution in [0.4, 0.5) is 5.69 Å². The molecule has 3 nitrogen and oxygen atoms in total. The molecule has 0 saturated heterocycles. The molecule has 1 unspecified atom stereocenters. The Morgan fingerprint density at radius 3 is 2.87 bits per heavy atom. The monoisotopic (exact) mass is 207 g/mol. The summed E-state index contributed by atoms with van der Waals surface area (Å²) in [6.45, 7) is 5.32. The molecule has 0 amide bonds. The number of nitrogens with zero attached hydrogens (tertiary/aromatic N) is 2. The smallest absolute Gasteiger partial charge is 0.0598 e. The summed E-state index contributed by atoms with van der Waals surface area (Å²) in [5.74, 6) is 0. The van der Waals surface area contributed by atoms with Gasteiger partial charge in [0, 0.05) is 25.8 Å². The van der Waals surface area contributed by atoms with Gasteiger partial charge in [0.1, 0.15) is 0 Å². The molecule has 84 valence electrons. The molecule has 1 rings (SSSR count). The molecule has 1 heterocycles. The first-order valence-corrected chi connectivity index (χ1v) is 5.51. The van der Waals surface area contributed by atoms with Gasteiger partial charge in [-0.3, -0.25) is 4.98 Å². The highest BCUT2D eigenvalue weighted by molar-refractivity contribution is 5.51. The van der Waals surface area contributed by atoms with E-state index in [0.717, 1.165) is 13.0 Å². The Balaban J connectivity index is 2.91. The van der Waals surface area contributed by atoms with Crippen LogP contribution < -0.4 is 10.2 Å². The van der Waals surface area contributed by atoms with Crippen molar-refractivity contribution in [3.05, 3.63) is 24.0 Å². The van der Waals surface area contributed by atoms with Gasteiger partial charge in [-0.2, -0.15) is 0 Å². The Kier molecular flexibility index (Phi) is 4.56. The van der Waals surface area contributed by atoms with Crippen molar-refractivity contribution < 1.29 is 0 Å². The number of anilines is 1. The quantitative estimate of drug-likeness (QED) is 0.801. The fourth-order valence-electron chi connectivity index (χ4n) is 1.58. The van der Waals surface area contributed by atoms with Crippen LogP contribution in [0.3, 0.4) is 0 Å². The zero-order valence-electron chi connectivity index (χ0n) is 10.1. The second-order valence-corrected chi connectivity index (χ2v) is 3.90. The number of nitrogens with one attached hydrogen (secondary N) is 1. The second kappa shape index (κ2) is 5.71. The van der Waals surface area contributed by atoms with Crippen LogP contribution in [0, 0.1) is 0 Å². The van der Waals surface area contributed by atoms with Crippen molar-refractivity contribution in [3.8, 4) is 0 Å². The standard InChI is InChI=1S/C12H21N3/c1-5-10(2)15(4)12-9-14-7-6-11(12)8-13-3/h6-7,9-10,13H,5,8H2,1-4H3. The van der Waals surface area contributed by atoms with Crippen LogP contribution in [0.2, 0.25) is 0 Å². The molecule has 1 aromatic heterocycles. The molecule has 3 heteroatoms. The molecule has 0 fully saturated rings. The number of hydrogen-bond acceptors (Lipinski definition) is 3. The third-order valence-electron chi connectivity index (χ3n) is 2.89. The third-order valence-corrected chi connectivity index (χ3v) is 2.89. The molecule has 1 aromatic rings. The fraction of sp³-hybridized carbons (Fsp3) is 0.583. The highest BCUT2D eigenvalue weighted by atomic mass is 15.1. The average molecular weight is 207 g/mol. The van der Waals surface area contributed by atoms with E-state index in [4.69, 9.17) is 0 Å². The van der Waals surface area contributed by atoms with Crippen LogP contribution in [0.5, 0.6) is 0 Å². The summed E-state index contributed by atoms with van der Waals surface area (Å²) in [5.41, 5.74) is 2.52. The molecule has 0 spiro atoms. The predicted octanol–water partition coefficient (Wildman–Crippen LogP) is 2.04. The zero-order chi connectivity index (χ0) is 11.3. The van der Waals surface area contributed by atoms with Crippen LogP contribution >= 0.6 is 0 Å². The molecular formula is C12H21N3. The number of rotatable bonds is 5. The van der Waals surface area contributed by atoms with Gasteiger partial charge >= 0.3 is 0 Å². The van der Waals surface area contributed by atoms with E-state index in [0.29, 0.717) is 6.04 Å². The number of aromatic nitrogens is 1. The van der Waals surface area contributed by atoms with Gasteiger partial charge in [0.2, 0.25) is 0 Å². The molecule has 1 atom stereocenters. The van der Waals surface area contributed by atoms with Gasteiger partial charge in [-0.15, -0.1) is 0 Å². The molecule has 0 saturated carbocycles. The van der Waals surface area contributed by atoms with E-state index in [1.807, 2.05) is 19.4 Å². The topological polar surface area (TPSA) is 28.2 Å². The highest BCUT2D eigenvalue weighted by Gasteiger charge is 2.11. The van der Waals surface area contributed by atoms with Gasteiger partial charge in [-0.1, -0.05) is 6.92 Å². The normalized spacial score (nSPS) is 12.5. The van der Waals surface area contributed by atoms with Gasteiger partial charge < -0.3 is 10.2 Å². The number of pyridine rings is 1. The maximum Gasteiger partial charge on any atom is 0.0598 e. The van der Waals surface area contributed by atoms with Crippen LogP contribution in [0.1, 0.15) is 25.8 Å². The lowest BCUT2D eigenvalue weighted by Gasteiger charge is -2.27. The molecule has 15 heavy (non-hydrogen) atoms. The van der Waals surface area contributed by atoms with E-state index in [1.165, 1.54) is 11.3 Å². The second-order valence-electron chi connectivity index (χ2n) is 3.90. The third kappa shape index (κ3) is 2.93. The first-order chi connectivity index (χ1) is 7.20. The van der Waals surface area contributed by atoms with Crippen LogP contribution in [-0.2, 0) is 6.54 Å². The SMILES string of the molecule is CCC(C)N(C)c1cnccc1CNC. The summed E-state index contributed by atoms with van der Waals surface area (Å²) < 4.78 is 0. The fourth-order valence-corrected chi connectivity index (χ4v) is 1.58. The number of hydrogen-bond donors (Lipinski definition) is 1. The maximum absolute atomic E-state index is 4.20. The van der Waals surface area contributed by atoms with Gasteiger partial charge in [0.05, 0.1) is 11.9 Å². The van der Waals surface area contributed by atoms with Crippen LogP contribution in [0.25, 0.3) is 0 Å². The largest absolute Gasteiger partial charge is 0.370 e. The van der Waals surface area contributed by atoms with E-state index in [-0.39, 0.29) is 0 Å². The van der Waals surface area contributed by atoms with Gasteiger partial charge in [0.15, 0.2) is 0 Å². The van der Waals surface area contributed by atoms with Crippen LogP contribution in [-0.4, -0.2) is 25.1 Å². The lowest BCUT2D eigenvalue weighted by atomic mass is 10.1. The predicted molar refractivity (Wildman–Crippen MR) is 65.2 cm³/mol. The van der Waals surface area contributed by atoms with E-state index in [9.17, 15) is 0 Å². The molecule has 0 bridgehead atoms. The van der Waals surface area contributed by atoms with Crippen molar-refractivity contribution >= 4 is 5.69 Å². The Hall–Kier alpha value is -1.09. The van der Waals surface area contributed by atoms with Crippen molar-refractivity contribution in [1.29, 1.82) is 0 Å². The average Bonchev–Trinajstić information content (AvgIpc) is 2.28. The van der Waals surface area contributed by atoms with Crippen molar-refractivity contribution in [1.82, 2.24) is 10.3 Å². The summed E-state index contributed by atoms with van der Waals surface area (Å²) in [6, 6.07) is 2.62. The van der Waals surface area contributed by atoms with E-state index >= 15 is 0 Å². The maximum atomic E-state index is 4.20. The molecule has 0 radical (unpaired) electrons. The zero-order valence-corrected chi connectivity index (χ0v) is 10.1.